The highest BCUT2D eigenvalue weighted by atomic mass is 79.9. The largest absolute Gasteiger partial charge is 0.504 e. The lowest BCUT2D eigenvalue weighted by Crippen LogP contribution is -2.24. The maximum Gasteiger partial charge on any atom is 0.328 e. The third-order valence-corrected chi connectivity index (χ3v) is 3.45. The second-order valence-electron chi connectivity index (χ2n) is 5.72. The van der Waals surface area contributed by atoms with E-state index >= 15 is 0 Å². The molecule has 0 bridgehead atoms. The molecule has 0 aliphatic heterocycles. The molecule has 1 aromatic rings. The standard InChI is InChI=1S/C16H20BrNO5/c1-8(2)13(15(20)21)18-7-10-5-11(17)6-12(19)14(10)23-16(22)9(3)4/h5-9,13,19H,1-4H3,(H,20,21). The number of hydrogen-bond donors (Lipinski definition) is 2. The Bertz CT molecular complexity index is 625. The Morgan fingerprint density at radius 2 is 1.87 bits per heavy atom. The third kappa shape index (κ3) is 5.35. The first-order valence-electron chi connectivity index (χ1n) is 7.13. The van der Waals surface area contributed by atoms with Gasteiger partial charge in [-0.2, -0.15) is 0 Å². The average Bonchev–Trinajstić information content (AvgIpc) is 2.41. The molecule has 1 aromatic carbocycles. The summed E-state index contributed by atoms with van der Waals surface area (Å²) >= 11 is 3.23. The Morgan fingerprint density at radius 1 is 1.26 bits per heavy atom. The number of phenolic OH excluding ortho intramolecular Hbond substituents is 1. The van der Waals surface area contributed by atoms with Crippen molar-refractivity contribution in [2.45, 2.75) is 33.7 Å². The number of aliphatic imine (C=N–C) groups is 1. The normalized spacial score (nSPS) is 12.8. The van der Waals surface area contributed by atoms with Gasteiger partial charge < -0.3 is 14.9 Å². The number of carbonyl (C=O) groups excluding carboxylic acids is 1. The zero-order valence-electron chi connectivity index (χ0n) is 13.4. The van der Waals surface area contributed by atoms with E-state index in [4.69, 9.17) is 9.84 Å². The highest BCUT2D eigenvalue weighted by Crippen LogP contribution is 2.33. The summed E-state index contributed by atoms with van der Waals surface area (Å²) < 4.78 is 5.75. The number of esters is 1. The summed E-state index contributed by atoms with van der Waals surface area (Å²) in [4.78, 5) is 27.0. The molecule has 0 radical (unpaired) electrons. The number of phenols is 1. The quantitative estimate of drug-likeness (QED) is 0.445. The Labute approximate surface area is 143 Å². The number of benzene rings is 1. The number of carboxylic acid groups (broad SMARTS) is 1. The van der Waals surface area contributed by atoms with E-state index in [1.54, 1.807) is 33.8 Å². The van der Waals surface area contributed by atoms with E-state index in [0.717, 1.165) is 0 Å². The van der Waals surface area contributed by atoms with E-state index in [1.807, 2.05) is 0 Å². The van der Waals surface area contributed by atoms with Crippen LogP contribution in [0.4, 0.5) is 0 Å². The molecule has 0 saturated heterocycles. The van der Waals surface area contributed by atoms with Gasteiger partial charge >= 0.3 is 11.9 Å². The van der Waals surface area contributed by atoms with Crippen LogP contribution in [0.25, 0.3) is 0 Å². The van der Waals surface area contributed by atoms with Crippen molar-refractivity contribution in [1.82, 2.24) is 0 Å². The van der Waals surface area contributed by atoms with Crippen LogP contribution < -0.4 is 4.74 Å². The molecule has 0 heterocycles. The number of halogens is 1. The minimum absolute atomic E-state index is 0.0384. The Morgan fingerprint density at radius 3 is 2.35 bits per heavy atom. The van der Waals surface area contributed by atoms with E-state index in [2.05, 4.69) is 20.9 Å². The first-order chi connectivity index (χ1) is 10.6. The summed E-state index contributed by atoms with van der Waals surface area (Å²) in [7, 11) is 0. The van der Waals surface area contributed by atoms with Crippen molar-refractivity contribution < 1.29 is 24.5 Å². The van der Waals surface area contributed by atoms with Crippen LogP contribution in [0.5, 0.6) is 11.5 Å². The van der Waals surface area contributed by atoms with Crippen LogP contribution in [-0.4, -0.2) is 34.4 Å². The van der Waals surface area contributed by atoms with Crippen molar-refractivity contribution in [3.8, 4) is 11.5 Å². The lowest BCUT2D eigenvalue weighted by molar-refractivity contribution is -0.139. The van der Waals surface area contributed by atoms with Gasteiger partial charge in [0.2, 0.25) is 0 Å². The summed E-state index contributed by atoms with van der Waals surface area (Å²) in [6.07, 6.45) is 1.30. The highest BCUT2D eigenvalue weighted by molar-refractivity contribution is 9.10. The van der Waals surface area contributed by atoms with E-state index in [1.165, 1.54) is 12.3 Å². The van der Waals surface area contributed by atoms with Gasteiger partial charge in [-0.15, -0.1) is 0 Å². The second-order valence-corrected chi connectivity index (χ2v) is 6.64. The van der Waals surface area contributed by atoms with Crippen LogP contribution in [0, 0.1) is 11.8 Å². The molecule has 0 fully saturated rings. The van der Waals surface area contributed by atoms with Crippen molar-refractivity contribution in [2.75, 3.05) is 0 Å². The van der Waals surface area contributed by atoms with Gasteiger partial charge in [-0.05, 0) is 18.1 Å². The minimum Gasteiger partial charge on any atom is -0.504 e. The summed E-state index contributed by atoms with van der Waals surface area (Å²) in [6, 6.07) is 2.05. The summed E-state index contributed by atoms with van der Waals surface area (Å²) in [6.45, 7) is 6.83. The van der Waals surface area contributed by atoms with Crippen LogP contribution in [-0.2, 0) is 9.59 Å². The number of hydrogen-bond acceptors (Lipinski definition) is 5. The molecule has 1 rings (SSSR count). The van der Waals surface area contributed by atoms with Crippen LogP contribution in [0.15, 0.2) is 21.6 Å². The van der Waals surface area contributed by atoms with Crippen LogP contribution in [0.2, 0.25) is 0 Å². The molecule has 1 atom stereocenters. The third-order valence-electron chi connectivity index (χ3n) is 3.00. The molecule has 0 saturated carbocycles. The first kappa shape index (κ1) is 19.2. The maximum absolute atomic E-state index is 11.8. The minimum atomic E-state index is -1.05. The van der Waals surface area contributed by atoms with Crippen LogP contribution in [0.3, 0.4) is 0 Å². The fourth-order valence-electron chi connectivity index (χ4n) is 1.71. The molecule has 126 valence electrons. The van der Waals surface area contributed by atoms with E-state index < -0.39 is 18.0 Å². The van der Waals surface area contributed by atoms with Gasteiger partial charge in [0.15, 0.2) is 11.5 Å². The van der Waals surface area contributed by atoms with Crippen molar-refractivity contribution in [2.24, 2.45) is 16.8 Å². The van der Waals surface area contributed by atoms with E-state index in [9.17, 15) is 14.7 Å². The Hall–Kier alpha value is -1.89. The molecular formula is C16H20BrNO5. The average molecular weight is 386 g/mol. The molecule has 1 unspecified atom stereocenters. The van der Waals surface area contributed by atoms with E-state index in [-0.39, 0.29) is 23.3 Å². The molecule has 0 amide bonds. The van der Waals surface area contributed by atoms with Gasteiger partial charge in [0, 0.05) is 16.3 Å². The number of aromatic hydroxyl groups is 1. The van der Waals surface area contributed by atoms with E-state index in [0.29, 0.717) is 10.0 Å². The molecule has 0 aliphatic rings. The van der Waals surface area contributed by atoms with Gasteiger partial charge in [-0.3, -0.25) is 9.79 Å². The molecule has 0 aliphatic carbocycles. The maximum atomic E-state index is 11.8. The Balaban J connectivity index is 3.23. The number of carboxylic acids is 1. The number of nitrogens with zero attached hydrogens (tertiary/aromatic N) is 1. The van der Waals surface area contributed by atoms with Gasteiger partial charge in [-0.1, -0.05) is 43.6 Å². The number of rotatable bonds is 6. The predicted octanol–water partition coefficient (Wildman–Crippen LogP) is 3.24. The molecule has 6 nitrogen and oxygen atoms in total. The van der Waals surface area contributed by atoms with Crippen molar-refractivity contribution >= 4 is 34.1 Å². The van der Waals surface area contributed by atoms with Crippen LogP contribution >= 0.6 is 15.9 Å². The smallest absolute Gasteiger partial charge is 0.328 e. The molecule has 0 spiro atoms. The molecule has 23 heavy (non-hydrogen) atoms. The van der Waals surface area contributed by atoms with Gasteiger partial charge in [0.05, 0.1) is 5.92 Å². The van der Waals surface area contributed by atoms with Crippen molar-refractivity contribution in [3.63, 3.8) is 0 Å². The summed E-state index contributed by atoms with van der Waals surface area (Å²) in [5.74, 6) is -2.39. The number of ether oxygens (including phenoxy) is 1. The van der Waals surface area contributed by atoms with Gasteiger partial charge in [-0.25, -0.2) is 4.79 Å². The zero-order valence-corrected chi connectivity index (χ0v) is 15.0. The van der Waals surface area contributed by atoms with Crippen LogP contribution in [0.1, 0.15) is 33.3 Å². The number of carbonyl (C=O) groups is 2. The fourth-order valence-corrected chi connectivity index (χ4v) is 2.17. The first-order valence-corrected chi connectivity index (χ1v) is 7.93. The molecular weight excluding hydrogens is 366 g/mol. The van der Waals surface area contributed by atoms with Gasteiger partial charge in [0.1, 0.15) is 6.04 Å². The highest BCUT2D eigenvalue weighted by Gasteiger charge is 2.21. The lowest BCUT2D eigenvalue weighted by atomic mass is 10.1. The topological polar surface area (TPSA) is 96.2 Å². The SMILES string of the molecule is CC(C)C(=O)Oc1c(O)cc(Br)cc1C=NC(C(=O)O)C(C)C. The lowest BCUT2D eigenvalue weighted by Gasteiger charge is -2.13. The fraction of sp³-hybridized carbons (Fsp3) is 0.438. The number of aliphatic carboxylic acids is 1. The van der Waals surface area contributed by atoms with Crippen molar-refractivity contribution in [3.05, 3.63) is 22.2 Å². The monoisotopic (exact) mass is 385 g/mol. The van der Waals surface area contributed by atoms with Crippen molar-refractivity contribution in [1.29, 1.82) is 0 Å². The molecule has 7 heteroatoms. The summed E-state index contributed by atoms with van der Waals surface area (Å²) in [5, 5.41) is 19.2. The van der Waals surface area contributed by atoms with Gasteiger partial charge in [0.25, 0.3) is 0 Å². The second kappa shape index (κ2) is 8.10. The summed E-state index contributed by atoms with van der Waals surface area (Å²) in [5.41, 5.74) is 0.317. The Kier molecular flexibility index (Phi) is 6.75. The zero-order chi connectivity index (χ0) is 17.7. The molecule has 2 N–H and O–H groups in total. The predicted molar refractivity (Wildman–Crippen MR) is 90.1 cm³/mol. The molecule has 0 aromatic heterocycles.